The minimum atomic E-state index is -0.179. The van der Waals surface area contributed by atoms with Crippen LogP contribution in [0.5, 0.6) is 11.5 Å². The molecule has 0 atom stereocenters. The van der Waals surface area contributed by atoms with E-state index in [-0.39, 0.29) is 5.82 Å². The standard InChI is InChI=1S/C18H20FNO2/c1-21-17-9-14-6-7-20(12-15(14)10-18(17)22-2)11-13-4-3-5-16(19)8-13/h3-5,8-10H,6-7,11-12H2,1-2H3. The summed E-state index contributed by atoms with van der Waals surface area (Å²) in [5.41, 5.74) is 3.55. The maximum absolute atomic E-state index is 13.3. The second-order valence-corrected chi connectivity index (χ2v) is 5.57. The van der Waals surface area contributed by atoms with E-state index >= 15 is 0 Å². The lowest BCUT2D eigenvalue weighted by molar-refractivity contribution is 0.244. The highest BCUT2D eigenvalue weighted by Crippen LogP contribution is 2.33. The van der Waals surface area contributed by atoms with Crippen molar-refractivity contribution in [1.82, 2.24) is 4.90 Å². The molecule has 1 aliphatic rings. The average molecular weight is 301 g/mol. The molecule has 0 saturated heterocycles. The molecule has 0 amide bonds. The predicted octanol–water partition coefficient (Wildman–Crippen LogP) is 3.40. The molecule has 116 valence electrons. The van der Waals surface area contributed by atoms with E-state index in [1.807, 2.05) is 12.1 Å². The van der Waals surface area contributed by atoms with Crippen LogP contribution in [0, 0.1) is 5.82 Å². The Morgan fingerprint density at radius 2 is 1.77 bits per heavy atom. The first-order valence-corrected chi connectivity index (χ1v) is 7.40. The summed E-state index contributed by atoms with van der Waals surface area (Å²) in [5, 5.41) is 0. The average Bonchev–Trinajstić information content (AvgIpc) is 2.53. The Bertz CT molecular complexity index is 672. The van der Waals surface area contributed by atoms with E-state index in [1.54, 1.807) is 26.4 Å². The SMILES string of the molecule is COc1cc2c(cc1OC)CN(Cc1cccc(F)c1)CC2. The van der Waals surface area contributed by atoms with Gasteiger partial charge in [0.15, 0.2) is 11.5 Å². The van der Waals surface area contributed by atoms with Crippen molar-refractivity contribution in [3.05, 3.63) is 58.9 Å². The molecule has 0 unspecified atom stereocenters. The van der Waals surface area contributed by atoms with Crippen molar-refractivity contribution in [2.75, 3.05) is 20.8 Å². The topological polar surface area (TPSA) is 21.7 Å². The summed E-state index contributed by atoms with van der Waals surface area (Å²) in [7, 11) is 3.31. The molecular formula is C18H20FNO2. The van der Waals surface area contributed by atoms with Crippen molar-refractivity contribution in [3.63, 3.8) is 0 Å². The van der Waals surface area contributed by atoms with E-state index in [4.69, 9.17) is 9.47 Å². The van der Waals surface area contributed by atoms with Crippen LogP contribution in [0.3, 0.4) is 0 Å². The molecule has 1 aliphatic heterocycles. The molecule has 0 aromatic heterocycles. The zero-order valence-corrected chi connectivity index (χ0v) is 12.9. The summed E-state index contributed by atoms with van der Waals surface area (Å²) in [6, 6.07) is 10.9. The highest BCUT2D eigenvalue weighted by Gasteiger charge is 2.19. The Kier molecular flexibility index (Phi) is 4.29. The third-order valence-electron chi connectivity index (χ3n) is 4.09. The molecule has 4 heteroatoms. The van der Waals surface area contributed by atoms with Gasteiger partial charge in [0.1, 0.15) is 5.82 Å². The Morgan fingerprint density at radius 3 is 2.45 bits per heavy atom. The fourth-order valence-corrected chi connectivity index (χ4v) is 2.97. The lowest BCUT2D eigenvalue weighted by Gasteiger charge is -2.29. The molecule has 0 fully saturated rings. The Labute approximate surface area is 130 Å². The van der Waals surface area contributed by atoms with E-state index in [9.17, 15) is 4.39 Å². The maximum atomic E-state index is 13.3. The summed E-state index contributed by atoms with van der Waals surface area (Å²) >= 11 is 0. The van der Waals surface area contributed by atoms with Gasteiger partial charge in [-0.2, -0.15) is 0 Å². The van der Waals surface area contributed by atoms with E-state index in [2.05, 4.69) is 11.0 Å². The second kappa shape index (κ2) is 6.36. The van der Waals surface area contributed by atoms with Crippen LogP contribution in [0.2, 0.25) is 0 Å². The number of hydrogen-bond donors (Lipinski definition) is 0. The van der Waals surface area contributed by atoms with Crippen LogP contribution in [0.25, 0.3) is 0 Å². The lowest BCUT2D eigenvalue weighted by atomic mass is 9.98. The van der Waals surface area contributed by atoms with Gasteiger partial charge in [0.25, 0.3) is 0 Å². The molecule has 2 aromatic carbocycles. The highest BCUT2D eigenvalue weighted by atomic mass is 19.1. The van der Waals surface area contributed by atoms with Gasteiger partial charge < -0.3 is 9.47 Å². The van der Waals surface area contributed by atoms with Gasteiger partial charge in [-0.15, -0.1) is 0 Å². The van der Waals surface area contributed by atoms with Crippen LogP contribution >= 0.6 is 0 Å². The number of fused-ring (bicyclic) bond motifs is 1. The maximum Gasteiger partial charge on any atom is 0.161 e. The molecule has 3 rings (SSSR count). The van der Waals surface area contributed by atoms with Gasteiger partial charge >= 0.3 is 0 Å². The van der Waals surface area contributed by atoms with E-state index in [0.29, 0.717) is 0 Å². The minimum Gasteiger partial charge on any atom is -0.493 e. The van der Waals surface area contributed by atoms with Crippen molar-refractivity contribution < 1.29 is 13.9 Å². The zero-order chi connectivity index (χ0) is 15.5. The largest absolute Gasteiger partial charge is 0.493 e. The first kappa shape index (κ1) is 14.9. The number of ether oxygens (including phenoxy) is 2. The number of halogens is 1. The monoisotopic (exact) mass is 301 g/mol. The molecule has 1 heterocycles. The molecular weight excluding hydrogens is 281 g/mol. The van der Waals surface area contributed by atoms with Crippen LogP contribution in [0.1, 0.15) is 16.7 Å². The molecule has 0 N–H and O–H groups in total. The summed E-state index contributed by atoms with van der Waals surface area (Å²) in [6.07, 6.45) is 0.963. The molecule has 3 nitrogen and oxygen atoms in total. The van der Waals surface area contributed by atoms with Crippen LogP contribution in [-0.2, 0) is 19.5 Å². The normalized spacial score (nSPS) is 14.5. The third-order valence-corrected chi connectivity index (χ3v) is 4.09. The number of rotatable bonds is 4. The molecule has 0 spiro atoms. The molecule has 0 radical (unpaired) electrons. The minimum absolute atomic E-state index is 0.179. The van der Waals surface area contributed by atoms with E-state index in [1.165, 1.54) is 17.2 Å². The van der Waals surface area contributed by atoms with Gasteiger partial charge in [0, 0.05) is 19.6 Å². The van der Waals surface area contributed by atoms with Crippen molar-refractivity contribution in [3.8, 4) is 11.5 Å². The summed E-state index contributed by atoms with van der Waals surface area (Å²) < 4.78 is 24.0. The summed E-state index contributed by atoms with van der Waals surface area (Å²) in [4.78, 5) is 2.32. The van der Waals surface area contributed by atoms with Crippen LogP contribution in [0.4, 0.5) is 4.39 Å². The van der Waals surface area contributed by atoms with Gasteiger partial charge in [0.2, 0.25) is 0 Å². The van der Waals surface area contributed by atoms with Crippen molar-refractivity contribution in [2.45, 2.75) is 19.5 Å². The van der Waals surface area contributed by atoms with E-state index < -0.39 is 0 Å². The van der Waals surface area contributed by atoms with Crippen molar-refractivity contribution in [2.24, 2.45) is 0 Å². The number of nitrogens with zero attached hydrogens (tertiary/aromatic N) is 1. The van der Waals surface area contributed by atoms with Gasteiger partial charge in [-0.05, 0) is 47.4 Å². The van der Waals surface area contributed by atoms with Gasteiger partial charge in [0.05, 0.1) is 14.2 Å². The second-order valence-electron chi connectivity index (χ2n) is 5.57. The van der Waals surface area contributed by atoms with Crippen molar-refractivity contribution in [1.29, 1.82) is 0 Å². The van der Waals surface area contributed by atoms with Gasteiger partial charge in [-0.3, -0.25) is 4.90 Å². The van der Waals surface area contributed by atoms with Crippen LogP contribution in [0.15, 0.2) is 36.4 Å². The van der Waals surface area contributed by atoms with E-state index in [0.717, 1.165) is 43.1 Å². The Hall–Kier alpha value is -2.07. The predicted molar refractivity (Wildman–Crippen MR) is 83.8 cm³/mol. The zero-order valence-electron chi connectivity index (χ0n) is 12.9. The molecule has 0 aliphatic carbocycles. The molecule has 22 heavy (non-hydrogen) atoms. The summed E-state index contributed by atoms with van der Waals surface area (Å²) in [6.45, 7) is 2.55. The highest BCUT2D eigenvalue weighted by molar-refractivity contribution is 5.48. The molecule has 2 aromatic rings. The number of hydrogen-bond acceptors (Lipinski definition) is 3. The first-order chi connectivity index (χ1) is 10.7. The van der Waals surface area contributed by atoms with Crippen molar-refractivity contribution >= 4 is 0 Å². The fourth-order valence-electron chi connectivity index (χ4n) is 2.97. The van der Waals surface area contributed by atoms with Crippen LogP contribution < -0.4 is 9.47 Å². The molecule has 0 bridgehead atoms. The lowest BCUT2D eigenvalue weighted by Crippen LogP contribution is -2.30. The summed E-state index contributed by atoms with van der Waals surface area (Å²) in [5.74, 6) is 1.36. The first-order valence-electron chi connectivity index (χ1n) is 7.40. The van der Waals surface area contributed by atoms with Gasteiger partial charge in [-0.1, -0.05) is 12.1 Å². The smallest absolute Gasteiger partial charge is 0.161 e. The van der Waals surface area contributed by atoms with Crippen LogP contribution in [-0.4, -0.2) is 25.7 Å². The molecule has 0 saturated carbocycles. The number of benzene rings is 2. The number of methoxy groups -OCH3 is 2. The fraction of sp³-hybridized carbons (Fsp3) is 0.333. The quantitative estimate of drug-likeness (QED) is 0.864. The third kappa shape index (κ3) is 3.07. The van der Waals surface area contributed by atoms with Gasteiger partial charge in [-0.25, -0.2) is 4.39 Å². The Balaban J connectivity index is 1.78. The Morgan fingerprint density at radius 1 is 1.05 bits per heavy atom.